The Labute approximate surface area is 459 Å². The number of aliphatic carboxylic acids is 1. The number of esters is 2. The van der Waals surface area contributed by atoms with Crippen LogP contribution in [0.4, 0.5) is 0 Å². The third-order valence-corrected chi connectivity index (χ3v) is 12.2. The SMILES string of the molecule is CC/C=C\C/C=C\C/C=C\C/C=C\C/C=C\C/C=C\C/C=C\CCCC(=O)OC(COC(=O)CCCCCCCCCCCCCC/C=C\C/C=C\C/C=C\CCCCCCC)COC(OCC[N+](C)(C)C)C(=O)[O-]. The second-order valence-electron chi connectivity index (χ2n) is 20.5. The van der Waals surface area contributed by atoms with Crippen LogP contribution in [0.3, 0.4) is 0 Å². The van der Waals surface area contributed by atoms with Crippen molar-refractivity contribution in [2.75, 3.05) is 47.5 Å². The van der Waals surface area contributed by atoms with Gasteiger partial charge in [0.15, 0.2) is 12.4 Å². The van der Waals surface area contributed by atoms with Crippen molar-refractivity contribution in [1.82, 2.24) is 0 Å². The lowest BCUT2D eigenvalue weighted by atomic mass is 10.0. The van der Waals surface area contributed by atoms with Crippen LogP contribution in [0.5, 0.6) is 0 Å². The van der Waals surface area contributed by atoms with Gasteiger partial charge < -0.3 is 33.3 Å². The summed E-state index contributed by atoms with van der Waals surface area (Å²) >= 11 is 0. The highest BCUT2D eigenvalue weighted by molar-refractivity contribution is 5.70. The van der Waals surface area contributed by atoms with Gasteiger partial charge in [-0.15, -0.1) is 0 Å². The Bertz CT molecular complexity index is 1640. The molecule has 0 saturated carbocycles. The molecule has 0 aromatic rings. The zero-order chi connectivity index (χ0) is 54.8. The average molecular weight is 1040 g/mol. The quantitative estimate of drug-likeness (QED) is 0.0195. The molecule has 0 heterocycles. The number of rotatable bonds is 53. The van der Waals surface area contributed by atoms with E-state index in [-0.39, 0.29) is 38.6 Å². The lowest BCUT2D eigenvalue weighted by Crippen LogP contribution is -2.44. The second kappa shape index (κ2) is 55.9. The lowest BCUT2D eigenvalue weighted by Gasteiger charge is -2.26. The molecule has 0 amide bonds. The van der Waals surface area contributed by atoms with E-state index in [4.69, 9.17) is 18.9 Å². The standard InChI is InChI=1S/C66H109NO8/c1-6-8-10-12-14-16-18-20-22-24-26-28-30-31-32-33-35-36-38-40-42-44-46-48-50-52-54-56-63(68)73-60-62(61-74-66(65(70)71)72-59-58-67(3,4)5)75-64(69)57-55-53-51-49-47-45-43-41-39-37-34-29-27-25-23-21-19-17-15-13-11-9-7-2/h9,11,15,17-18,20-21,23-24,26-27,29-31,37,39,43,45,49,51,62,66H,6-8,10,12-14,16,19,22,25,28,32-36,38,40-42,44,46-48,50,52-61H2,1-5H3/b11-9-,17-15-,20-18-,23-21-,26-24-,29-27-,31-30-,39-37-,45-43-,51-49-. The summed E-state index contributed by atoms with van der Waals surface area (Å²) in [6.45, 7) is 4.54. The van der Waals surface area contributed by atoms with Crippen LogP contribution in [0.1, 0.15) is 219 Å². The first-order valence-electron chi connectivity index (χ1n) is 29.7. The summed E-state index contributed by atoms with van der Waals surface area (Å²) in [6, 6.07) is 0. The van der Waals surface area contributed by atoms with E-state index in [2.05, 4.69) is 135 Å². The van der Waals surface area contributed by atoms with Gasteiger partial charge in [-0.2, -0.15) is 0 Å². The molecule has 0 aliphatic heterocycles. The maximum Gasteiger partial charge on any atom is 0.306 e. The first kappa shape index (κ1) is 70.7. The first-order chi connectivity index (χ1) is 36.6. The summed E-state index contributed by atoms with van der Waals surface area (Å²) in [6.07, 6.45) is 75.4. The lowest BCUT2D eigenvalue weighted by molar-refractivity contribution is -0.870. The fourth-order valence-corrected chi connectivity index (χ4v) is 7.65. The largest absolute Gasteiger partial charge is 0.545 e. The maximum atomic E-state index is 12.8. The van der Waals surface area contributed by atoms with Gasteiger partial charge in [-0.3, -0.25) is 9.59 Å². The Hall–Kier alpha value is -4.31. The number of nitrogens with zero attached hydrogens (tertiary/aromatic N) is 1. The number of carbonyl (C=O) groups is 3. The number of carboxylic acids is 1. The molecular weight excluding hydrogens is 935 g/mol. The molecule has 0 aromatic heterocycles. The van der Waals surface area contributed by atoms with Gasteiger partial charge in [0.1, 0.15) is 13.2 Å². The van der Waals surface area contributed by atoms with E-state index in [1.807, 2.05) is 21.1 Å². The summed E-state index contributed by atoms with van der Waals surface area (Å²) in [5.74, 6) is -2.38. The van der Waals surface area contributed by atoms with Crippen molar-refractivity contribution in [3.05, 3.63) is 122 Å². The molecule has 9 nitrogen and oxygen atoms in total. The van der Waals surface area contributed by atoms with Crippen LogP contribution in [0, 0.1) is 0 Å². The first-order valence-corrected chi connectivity index (χ1v) is 29.7. The van der Waals surface area contributed by atoms with Crippen molar-refractivity contribution < 1.29 is 42.9 Å². The topological polar surface area (TPSA) is 111 Å². The molecule has 0 aromatic carbocycles. The van der Waals surface area contributed by atoms with E-state index >= 15 is 0 Å². The van der Waals surface area contributed by atoms with Crippen LogP contribution >= 0.6 is 0 Å². The van der Waals surface area contributed by atoms with Crippen molar-refractivity contribution in [2.45, 2.75) is 232 Å². The minimum atomic E-state index is -1.65. The third kappa shape index (κ3) is 57.2. The molecule has 0 bridgehead atoms. The Morgan fingerprint density at radius 2 is 0.773 bits per heavy atom. The number of unbranched alkanes of at least 4 members (excludes halogenated alkanes) is 18. The van der Waals surface area contributed by atoms with Crippen LogP contribution in [0.2, 0.25) is 0 Å². The van der Waals surface area contributed by atoms with E-state index in [1.165, 1.54) is 96.3 Å². The van der Waals surface area contributed by atoms with Crippen LogP contribution < -0.4 is 5.11 Å². The fourth-order valence-electron chi connectivity index (χ4n) is 7.65. The van der Waals surface area contributed by atoms with Gasteiger partial charge in [0.05, 0.1) is 40.3 Å². The normalized spacial score (nSPS) is 13.7. The maximum absolute atomic E-state index is 12.8. The van der Waals surface area contributed by atoms with Crippen LogP contribution in [-0.2, 0) is 33.3 Å². The van der Waals surface area contributed by atoms with Gasteiger partial charge in [0, 0.05) is 12.8 Å². The number of carbonyl (C=O) groups excluding carboxylic acids is 3. The zero-order valence-corrected chi connectivity index (χ0v) is 48.4. The number of quaternary nitrogens is 1. The predicted octanol–water partition coefficient (Wildman–Crippen LogP) is 16.3. The molecule has 0 aliphatic rings. The molecule has 0 N–H and O–H groups in total. The van der Waals surface area contributed by atoms with Gasteiger partial charge in [0.2, 0.25) is 0 Å². The van der Waals surface area contributed by atoms with E-state index < -0.39 is 24.3 Å². The predicted molar refractivity (Wildman–Crippen MR) is 315 cm³/mol. The highest BCUT2D eigenvalue weighted by Crippen LogP contribution is 2.15. The van der Waals surface area contributed by atoms with Crippen LogP contribution in [0.15, 0.2) is 122 Å². The molecule has 75 heavy (non-hydrogen) atoms. The molecule has 2 atom stereocenters. The number of hydrogen-bond donors (Lipinski definition) is 0. The van der Waals surface area contributed by atoms with Crippen molar-refractivity contribution in [3.8, 4) is 0 Å². The second-order valence-corrected chi connectivity index (χ2v) is 20.5. The number of ether oxygens (including phenoxy) is 4. The summed E-state index contributed by atoms with van der Waals surface area (Å²) in [5.41, 5.74) is 0. The third-order valence-electron chi connectivity index (χ3n) is 12.2. The van der Waals surface area contributed by atoms with E-state index in [1.54, 1.807) is 0 Å². The fraction of sp³-hybridized carbons (Fsp3) is 0.652. The number of allylic oxidation sites excluding steroid dienone is 20. The van der Waals surface area contributed by atoms with Crippen LogP contribution in [0.25, 0.3) is 0 Å². The molecule has 9 heteroatoms. The molecule has 426 valence electrons. The van der Waals surface area contributed by atoms with E-state index in [9.17, 15) is 19.5 Å². The van der Waals surface area contributed by atoms with E-state index in [0.29, 0.717) is 23.9 Å². The smallest absolute Gasteiger partial charge is 0.306 e. The molecule has 0 saturated heterocycles. The Morgan fingerprint density at radius 3 is 1.17 bits per heavy atom. The number of carboxylic acid groups (broad SMARTS) is 1. The Balaban J connectivity index is 4.35. The molecule has 0 spiro atoms. The van der Waals surface area contributed by atoms with Gasteiger partial charge >= 0.3 is 11.9 Å². The monoisotopic (exact) mass is 1040 g/mol. The summed E-state index contributed by atoms with van der Waals surface area (Å²) in [5, 5.41) is 11.8. The van der Waals surface area contributed by atoms with Crippen molar-refractivity contribution in [2.24, 2.45) is 0 Å². The van der Waals surface area contributed by atoms with Crippen molar-refractivity contribution >= 4 is 17.9 Å². The number of hydrogen-bond acceptors (Lipinski definition) is 8. The summed E-state index contributed by atoms with van der Waals surface area (Å²) < 4.78 is 22.6. The van der Waals surface area contributed by atoms with Gasteiger partial charge in [-0.05, 0) is 103 Å². The highest BCUT2D eigenvalue weighted by atomic mass is 16.7. The van der Waals surface area contributed by atoms with Crippen molar-refractivity contribution in [1.29, 1.82) is 0 Å². The minimum absolute atomic E-state index is 0.130. The van der Waals surface area contributed by atoms with E-state index in [0.717, 1.165) is 83.5 Å². The molecule has 0 aliphatic carbocycles. The zero-order valence-electron chi connectivity index (χ0n) is 48.4. The molecular formula is C66H109NO8. The summed E-state index contributed by atoms with van der Waals surface area (Å²) in [7, 11) is 5.89. The van der Waals surface area contributed by atoms with Gasteiger partial charge in [0.25, 0.3) is 0 Å². The number of likely N-dealkylation sites (N-methyl/N-ethyl adjacent to an activating group) is 1. The van der Waals surface area contributed by atoms with Gasteiger partial charge in [-0.25, -0.2) is 0 Å². The Kier molecular flexibility index (Phi) is 52.7. The minimum Gasteiger partial charge on any atom is -0.545 e. The molecule has 0 rings (SSSR count). The molecule has 2 unspecified atom stereocenters. The molecule has 0 radical (unpaired) electrons. The van der Waals surface area contributed by atoms with Gasteiger partial charge in [-0.1, -0.05) is 225 Å². The average Bonchev–Trinajstić information content (AvgIpc) is 3.38. The Morgan fingerprint density at radius 1 is 0.413 bits per heavy atom. The summed E-state index contributed by atoms with van der Waals surface area (Å²) in [4.78, 5) is 37.3. The van der Waals surface area contributed by atoms with Crippen LogP contribution in [-0.4, -0.2) is 82.3 Å². The highest BCUT2D eigenvalue weighted by Gasteiger charge is 2.21. The molecule has 0 fully saturated rings. The van der Waals surface area contributed by atoms with Crippen molar-refractivity contribution in [3.63, 3.8) is 0 Å².